The number of amides is 3. The largest absolute Gasteiger partial charge is 0.444 e. The molecule has 2 N–H and O–H groups in total. The summed E-state index contributed by atoms with van der Waals surface area (Å²) in [7, 11) is 0. The van der Waals surface area contributed by atoms with Gasteiger partial charge >= 0.3 is 6.09 Å². The quantitative estimate of drug-likeness (QED) is 0.428. The van der Waals surface area contributed by atoms with Crippen molar-refractivity contribution in [2.24, 2.45) is 0 Å². The van der Waals surface area contributed by atoms with E-state index in [9.17, 15) is 14.4 Å². The third-order valence-corrected chi connectivity index (χ3v) is 5.83. The maximum atomic E-state index is 13.6. The van der Waals surface area contributed by atoms with E-state index in [1.54, 1.807) is 27.7 Å². The van der Waals surface area contributed by atoms with Gasteiger partial charge in [0.2, 0.25) is 5.91 Å². The van der Waals surface area contributed by atoms with Crippen molar-refractivity contribution < 1.29 is 19.1 Å². The number of carbonyl (C=O) groups excluding carboxylic acids is 3. The van der Waals surface area contributed by atoms with Gasteiger partial charge in [-0.2, -0.15) is 12.6 Å². The van der Waals surface area contributed by atoms with Crippen molar-refractivity contribution in [3.63, 3.8) is 0 Å². The van der Waals surface area contributed by atoms with Crippen LogP contribution in [0, 0.1) is 6.92 Å². The Morgan fingerprint density at radius 2 is 1.66 bits per heavy atom. The average Bonchev–Trinajstić information content (AvgIpc) is 2.81. The Morgan fingerprint density at radius 1 is 1.03 bits per heavy atom. The molecule has 0 aliphatic heterocycles. The summed E-state index contributed by atoms with van der Waals surface area (Å²) in [4.78, 5) is 41.0. The smallest absolute Gasteiger partial charge is 0.408 e. The summed E-state index contributed by atoms with van der Waals surface area (Å²) in [5.74, 6) is -0.707. The number of aryl methyl sites for hydroxylation is 2. The average molecular weight is 500 g/mol. The van der Waals surface area contributed by atoms with Crippen molar-refractivity contribution in [2.45, 2.75) is 65.6 Å². The number of nitrogens with one attached hydrogen (secondary N) is 2. The second-order valence-corrected chi connectivity index (χ2v) is 9.67. The molecule has 0 heterocycles. The molecule has 8 heteroatoms. The van der Waals surface area contributed by atoms with Crippen molar-refractivity contribution in [1.29, 1.82) is 0 Å². The number of thiol groups is 1. The van der Waals surface area contributed by atoms with Crippen LogP contribution in [-0.2, 0) is 20.7 Å². The van der Waals surface area contributed by atoms with Gasteiger partial charge in [0.15, 0.2) is 0 Å². The first-order valence-electron chi connectivity index (χ1n) is 11.9. The van der Waals surface area contributed by atoms with E-state index in [-0.39, 0.29) is 18.2 Å². The summed E-state index contributed by atoms with van der Waals surface area (Å²) >= 11 is 4.28. The molecular formula is C27H37N3O4S. The van der Waals surface area contributed by atoms with Crippen LogP contribution in [0.2, 0.25) is 0 Å². The van der Waals surface area contributed by atoms with Crippen LogP contribution in [0.15, 0.2) is 48.5 Å². The van der Waals surface area contributed by atoms with Crippen LogP contribution in [0.4, 0.5) is 10.5 Å². The lowest BCUT2D eigenvalue weighted by atomic mass is 10.0. The minimum absolute atomic E-state index is 0.0511. The van der Waals surface area contributed by atoms with Gasteiger partial charge in [0, 0.05) is 18.0 Å². The number of alkyl carbamates (subject to hydrolysis) is 1. The highest BCUT2D eigenvalue weighted by Crippen LogP contribution is 2.26. The van der Waals surface area contributed by atoms with Gasteiger partial charge in [-0.3, -0.25) is 9.59 Å². The number of nitrogens with zero attached hydrogens (tertiary/aromatic N) is 1. The predicted octanol–water partition coefficient (Wildman–Crippen LogP) is 4.91. The molecule has 0 saturated carbocycles. The van der Waals surface area contributed by atoms with E-state index < -0.39 is 29.7 Å². The first-order valence-corrected chi connectivity index (χ1v) is 12.5. The molecule has 2 atom stereocenters. The van der Waals surface area contributed by atoms with E-state index >= 15 is 0 Å². The first-order chi connectivity index (χ1) is 16.5. The topological polar surface area (TPSA) is 87.7 Å². The molecule has 0 spiro atoms. The fourth-order valence-electron chi connectivity index (χ4n) is 3.62. The van der Waals surface area contributed by atoms with Gasteiger partial charge in [0.05, 0.1) is 0 Å². The van der Waals surface area contributed by atoms with Crippen molar-refractivity contribution in [1.82, 2.24) is 10.2 Å². The predicted molar refractivity (Wildman–Crippen MR) is 143 cm³/mol. The van der Waals surface area contributed by atoms with Gasteiger partial charge in [0.25, 0.3) is 5.91 Å². The second kappa shape index (κ2) is 12.6. The van der Waals surface area contributed by atoms with Crippen LogP contribution in [0.1, 0.15) is 57.4 Å². The first kappa shape index (κ1) is 28.2. The summed E-state index contributed by atoms with van der Waals surface area (Å²) in [6, 6.07) is 13.3. The van der Waals surface area contributed by atoms with Gasteiger partial charge in [-0.05, 0) is 63.8 Å². The number of benzene rings is 2. The Labute approximate surface area is 214 Å². The molecule has 2 rings (SSSR count). The zero-order chi connectivity index (χ0) is 26.2. The Bertz CT molecular complexity index is 1020. The number of hydrogen-bond acceptors (Lipinski definition) is 5. The molecule has 0 saturated heterocycles. The van der Waals surface area contributed by atoms with Crippen LogP contribution in [0.5, 0.6) is 0 Å². The standard InChI is InChI=1S/C27H37N3O4S/c1-7-19-13-15-20(16-14-19)23(24(31)28-21-12-10-9-11-18(21)3)30(8-2)25(32)22(17-35)29-26(33)34-27(4,5)6/h9-16,22-23,35H,7-8,17H2,1-6H3,(H,28,31)(H,29,33). The molecule has 2 unspecified atom stereocenters. The van der Waals surface area contributed by atoms with E-state index in [0.717, 1.165) is 17.5 Å². The van der Waals surface area contributed by atoms with Crippen LogP contribution in [0.25, 0.3) is 0 Å². The Morgan fingerprint density at radius 3 is 2.17 bits per heavy atom. The Kier molecular flexibility index (Phi) is 10.2. The third-order valence-electron chi connectivity index (χ3n) is 5.46. The van der Waals surface area contributed by atoms with E-state index in [0.29, 0.717) is 11.3 Å². The SMILES string of the molecule is CCc1ccc(C(C(=O)Nc2ccccc2C)N(CC)C(=O)C(CS)NC(=O)OC(C)(C)C)cc1. The zero-order valence-corrected chi connectivity index (χ0v) is 22.3. The number of ether oxygens (including phenoxy) is 1. The van der Waals surface area contributed by atoms with Crippen LogP contribution in [-0.4, -0.2) is 46.7 Å². The Hall–Kier alpha value is -3.00. The second-order valence-electron chi connectivity index (χ2n) is 9.31. The normalized spacial score (nSPS) is 12.9. The molecule has 2 aromatic carbocycles. The maximum Gasteiger partial charge on any atom is 0.408 e. The molecule has 0 aliphatic carbocycles. The minimum atomic E-state index is -0.961. The third kappa shape index (κ3) is 8.02. The zero-order valence-electron chi connectivity index (χ0n) is 21.4. The van der Waals surface area contributed by atoms with Gasteiger partial charge < -0.3 is 20.3 Å². The molecule has 190 valence electrons. The highest BCUT2D eigenvalue weighted by atomic mass is 32.1. The summed E-state index contributed by atoms with van der Waals surface area (Å²) in [5.41, 5.74) is 2.68. The molecule has 35 heavy (non-hydrogen) atoms. The van der Waals surface area contributed by atoms with Crippen molar-refractivity contribution >= 4 is 36.2 Å². The van der Waals surface area contributed by atoms with E-state index in [2.05, 4.69) is 30.2 Å². The Balaban J connectivity index is 2.40. The highest BCUT2D eigenvalue weighted by molar-refractivity contribution is 7.80. The lowest BCUT2D eigenvalue weighted by Crippen LogP contribution is -2.53. The van der Waals surface area contributed by atoms with Crippen LogP contribution >= 0.6 is 12.6 Å². The highest BCUT2D eigenvalue weighted by Gasteiger charge is 2.35. The molecule has 0 radical (unpaired) electrons. The molecule has 0 aliphatic rings. The number of rotatable bonds is 9. The summed E-state index contributed by atoms with van der Waals surface area (Å²) in [6.45, 7) is 11.2. The van der Waals surface area contributed by atoms with E-state index in [1.807, 2.05) is 55.5 Å². The van der Waals surface area contributed by atoms with Gasteiger partial charge in [-0.1, -0.05) is 49.4 Å². The molecule has 0 bridgehead atoms. The molecule has 7 nitrogen and oxygen atoms in total. The molecule has 2 aromatic rings. The van der Waals surface area contributed by atoms with Gasteiger partial charge in [-0.25, -0.2) is 4.79 Å². The fraction of sp³-hybridized carbons (Fsp3) is 0.444. The van der Waals surface area contributed by atoms with Crippen molar-refractivity contribution in [2.75, 3.05) is 17.6 Å². The summed E-state index contributed by atoms with van der Waals surface area (Å²) in [6.07, 6.45) is 0.146. The maximum absolute atomic E-state index is 13.6. The number of hydrogen-bond donors (Lipinski definition) is 3. The number of para-hydroxylation sites is 1. The molecule has 3 amide bonds. The lowest BCUT2D eigenvalue weighted by Gasteiger charge is -2.33. The van der Waals surface area contributed by atoms with Gasteiger partial charge in [0.1, 0.15) is 17.7 Å². The van der Waals surface area contributed by atoms with Crippen LogP contribution in [0.3, 0.4) is 0 Å². The summed E-state index contributed by atoms with van der Waals surface area (Å²) < 4.78 is 5.31. The van der Waals surface area contributed by atoms with E-state index in [4.69, 9.17) is 4.74 Å². The fourth-order valence-corrected chi connectivity index (χ4v) is 3.87. The molecule has 0 fully saturated rings. The number of anilines is 1. The van der Waals surface area contributed by atoms with Crippen LogP contribution < -0.4 is 10.6 Å². The number of likely N-dealkylation sites (N-methyl/N-ethyl adjacent to an activating group) is 1. The number of carbonyl (C=O) groups is 3. The van der Waals surface area contributed by atoms with Crippen molar-refractivity contribution in [3.8, 4) is 0 Å². The molecule has 0 aromatic heterocycles. The minimum Gasteiger partial charge on any atom is -0.444 e. The monoisotopic (exact) mass is 499 g/mol. The van der Waals surface area contributed by atoms with Crippen molar-refractivity contribution in [3.05, 3.63) is 65.2 Å². The van der Waals surface area contributed by atoms with E-state index in [1.165, 1.54) is 4.90 Å². The summed E-state index contributed by atoms with van der Waals surface area (Å²) in [5, 5.41) is 5.57. The van der Waals surface area contributed by atoms with Gasteiger partial charge in [-0.15, -0.1) is 0 Å². The molecular weight excluding hydrogens is 462 g/mol. The lowest BCUT2D eigenvalue weighted by molar-refractivity contribution is -0.140.